The number of anilines is 1. The molecule has 0 aliphatic carbocycles. The smallest absolute Gasteiger partial charge is 0.264 e. The largest absolute Gasteiger partial charge is 0.316 e. The summed E-state index contributed by atoms with van der Waals surface area (Å²) in [5.41, 5.74) is 1.53. The molecule has 0 saturated carbocycles. The molecule has 2 rings (SSSR count). The topological polar surface area (TPSA) is 76.0 Å². The minimum absolute atomic E-state index is 0.330. The normalized spacial score (nSPS) is 11.6. The molecule has 0 atom stereocenters. The third-order valence-electron chi connectivity index (χ3n) is 2.92. The summed E-state index contributed by atoms with van der Waals surface area (Å²) in [4.78, 5) is -0.376. The summed E-state index contributed by atoms with van der Waals surface area (Å²) in [6.07, 6.45) is 1.53. The van der Waals surface area contributed by atoms with Gasteiger partial charge in [0.25, 0.3) is 10.0 Å². The first-order valence-corrected chi connectivity index (χ1v) is 7.78. The molecule has 0 unspecified atom stereocenters. The van der Waals surface area contributed by atoms with Crippen molar-refractivity contribution >= 4 is 15.7 Å². The van der Waals surface area contributed by atoms with Crippen molar-refractivity contribution in [2.24, 2.45) is 7.05 Å². The van der Waals surface area contributed by atoms with E-state index >= 15 is 0 Å². The highest BCUT2D eigenvalue weighted by atomic mass is 32.2. The summed E-state index contributed by atoms with van der Waals surface area (Å²) in [7, 11) is -0.590. The summed E-state index contributed by atoms with van der Waals surface area (Å²) in [6.45, 7) is 2.13. The van der Waals surface area contributed by atoms with Gasteiger partial charge in [-0.1, -0.05) is 6.07 Å². The van der Waals surface area contributed by atoms with E-state index in [4.69, 9.17) is 0 Å². The quantitative estimate of drug-likeness (QED) is 0.875. The van der Waals surface area contributed by atoms with E-state index in [1.54, 1.807) is 27.1 Å². The predicted octanol–water partition coefficient (Wildman–Crippen LogP) is 1.39. The van der Waals surface area contributed by atoms with E-state index in [-0.39, 0.29) is 4.90 Å². The zero-order valence-corrected chi connectivity index (χ0v) is 12.8. The SMILES string of the molecule is CNCc1ccc(F)c(S(=O)(=O)Nc2cn(C)nc2C)c1. The molecular weight excluding hydrogens is 295 g/mol. The summed E-state index contributed by atoms with van der Waals surface area (Å²) in [5, 5.41) is 6.94. The van der Waals surface area contributed by atoms with Gasteiger partial charge >= 0.3 is 0 Å². The van der Waals surface area contributed by atoms with Crippen LogP contribution in [0.1, 0.15) is 11.3 Å². The van der Waals surface area contributed by atoms with Gasteiger partial charge in [0.2, 0.25) is 0 Å². The number of nitrogens with one attached hydrogen (secondary N) is 2. The molecule has 0 amide bonds. The van der Waals surface area contributed by atoms with Crippen molar-refractivity contribution in [3.05, 3.63) is 41.5 Å². The van der Waals surface area contributed by atoms with Crippen LogP contribution in [0.4, 0.5) is 10.1 Å². The van der Waals surface area contributed by atoms with Crippen molar-refractivity contribution in [2.45, 2.75) is 18.4 Å². The van der Waals surface area contributed by atoms with Crippen LogP contribution in [0, 0.1) is 12.7 Å². The van der Waals surface area contributed by atoms with Crippen LogP contribution >= 0.6 is 0 Å². The van der Waals surface area contributed by atoms with Crippen molar-refractivity contribution in [3.8, 4) is 0 Å². The minimum Gasteiger partial charge on any atom is -0.316 e. The van der Waals surface area contributed by atoms with Gasteiger partial charge in [0.15, 0.2) is 0 Å². The van der Waals surface area contributed by atoms with Crippen LogP contribution in [-0.2, 0) is 23.6 Å². The number of aromatic nitrogens is 2. The van der Waals surface area contributed by atoms with Gasteiger partial charge in [0, 0.05) is 19.8 Å². The zero-order chi connectivity index (χ0) is 15.6. The molecule has 2 aromatic rings. The van der Waals surface area contributed by atoms with Gasteiger partial charge in [0.1, 0.15) is 10.7 Å². The Morgan fingerprint density at radius 2 is 2.10 bits per heavy atom. The number of benzene rings is 1. The Kier molecular flexibility index (Phi) is 4.29. The highest BCUT2D eigenvalue weighted by Crippen LogP contribution is 2.21. The molecule has 2 N–H and O–H groups in total. The number of hydrogen-bond donors (Lipinski definition) is 2. The van der Waals surface area contributed by atoms with E-state index in [1.165, 1.54) is 16.9 Å². The number of nitrogens with zero attached hydrogens (tertiary/aromatic N) is 2. The average molecular weight is 312 g/mol. The number of halogens is 1. The molecule has 1 aromatic carbocycles. The second kappa shape index (κ2) is 5.82. The van der Waals surface area contributed by atoms with Crippen LogP contribution in [0.25, 0.3) is 0 Å². The standard InChI is InChI=1S/C13H17FN4O2S/c1-9-12(8-18(3)16-9)17-21(19,20)13-6-10(7-15-2)4-5-11(13)14/h4-6,8,15,17H,7H2,1-3H3. The molecule has 1 heterocycles. The lowest BCUT2D eigenvalue weighted by molar-refractivity contribution is 0.569. The van der Waals surface area contributed by atoms with Crippen molar-refractivity contribution < 1.29 is 12.8 Å². The maximum atomic E-state index is 13.9. The van der Waals surface area contributed by atoms with E-state index in [2.05, 4.69) is 15.1 Å². The molecule has 8 heteroatoms. The van der Waals surface area contributed by atoms with E-state index < -0.39 is 15.8 Å². The van der Waals surface area contributed by atoms with Crippen molar-refractivity contribution in [2.75, 3.05) is 11.8 Å². The molecule has 0 aliphatic heterocycles. The summed E-state index contributed by atoms with van der Waals surface area (Å²) < 4.78 is 42.4. The lowest BCUT2D eigenvalue weighted by atomic mass is 10.2. The molecule has 0 saturated heterocycles. The van der Waals surface area contributed by atoms with Gasteiger partial charge in [-0.3, -0.25) is 9.40 Å². The lowest BCUT2D eigenvalue weighted by Gasteiger charge is -2.09. The van der Waals surface area contributed by atoms with Crippen molar-refractivity contribution in [3.63, 3.8) is 0 Å². The number of rotatable bonds is 5. The molecule has 0 aliphatic rings. The molecule has 0 fully saturated rings. The van der Waals surface area contributed by atoms with E-state index in [9.17, 15) is 12.8 Å². The van der Waals surface area contributed by atoms with Crippen molar-refractivity contribution in [1.29, 1.82) is 0 Å². The third-order valence-corrected chi connectivity index (χ3v) is 4.30. The molecule has 6 nitrogen and oxygen atoms in total. The second-order valence-electron chi connectivity index (χ2n) is 4.70. The Labute approximate surface area is 123 Å². The van der Waals surface area contributed by atoms with Crippen LogP contribution in [-0.4, -0.2) is 25.2 Å². The first kappa shape index (κ1) is 15.5. The number of hydrogen-bond acceptors (Lipinski definition) is 4. The van der Waals surface area contributed by atoms with Crippen LogP contribution in [0.2, 0.25) is 0 Å². The Morgan fingerprint density at radius 1 is 1.38 bits per heavy atom. The highest BCUT2D eigenvalue weighted by molar-refractivity contribution is 7.92. The molecule has 1 aromatic heterocycles. The molecule has 21 heavy (non-hydrogen) atoms. The Hall–Kier alpha value is -1.93. The summed E-state index contributed by atoms with van der Waals surface area (Å²) in [5.74, 6) is -0.788. The Balaban J connectivity index is 2.39. The Morgan fingerprint density at radius 3 is 2.67 bits per heavy atom. The van der Waals surface area contributed by atoms with E-state index in [0.29, 0.717) is 23.5 Å². The molecule has 114 valence electrons. The second-order valence-corrected chi connectivity index (χ2v) is 6.35. The number of sulfonamides is 1. The van der Waals surface area contributed by atoms with Gasteiger partial charge < -0.3 is 5.32 Å². The number of aryl methyl sites for hydroxylation is 2. The molecular formula is C13H17FN4O2S. The fourth-order valence-electron chi connectivity index (χ4n) is 1.97. The maximum Gasteiger partial charge on any atom is 0.264 e. The summed E-state index contributed by atoms with van der Waals surface area (Å²) >= 11 is 0. The molecule has 0 bridgehead atoms. The van der Waals surface area contributed by atoms with Gasteiger partial charge in [0.05, 0.1) is 11.4 Å². The average Bonchev–Trinajstić information content (AvgIpc) is 2.69. The highest BCUT2D eigenvalue weighted by Gasteiger charge is 2.21. The maximum absolute atomic E-state index is 13.9. The fraction of sp³-hybridized carbons (Fsp3) is 0.308. The Bertz CT molecular complexity index is 756. The first-order valence-electron chi connectivity index (χ1n) is 6.29. The first-order chi connectivity index (χ1) is 9.83. The van der Waals surface area contributed by atoms with Gasteiger partial charge in [-0.05, 0) is 31.7 Å². The van der Waals surface area contributed by atoms with Gasteiger partial charge in [-0.25, -0.2) is 12.8 Å². The molecule has 0 spiro atoms. The van der Waals surface area contributed by atoms with Crippen LogP contribution < -0.4 is 10.0 Å². The fourth-order valence-corrected chi connectivity index (χ4v) is 3.20. The zero-order valence-electron chi connectivity index (χ0n) is 12.0. The van der Waals surface area contributed by atoms with Crippen LogP contribution in [0.3, 0.4) is 0 Å². The lowest BCUT2D eigenvalue weighted by Crippen LogP contribution is -2.16. The van der Waals surface area contributed by atoms with Crippen LogP contribution in [0.5, 0.6) is 0 Å². The predicted molar refractivity (Wildman–Crippen MR) is 77.9 cm³/mol. The van der Waals surface area contributed by atoms with Crippen LogP contribution in [0.15, 0.2) is 29.3 Å². The van der Waals surface area contributed by atoms with Gasteiger partial charge in [-0.2, -0.15) is 5.10 Å². The minimum atomic E-state index is -4.00. The van der Waals surface area contributed by atoms with E-state index in [0.717, 1.165) is 6.07 Å². The summed E-state index contributed by atoms with van der Waals surface area (Å²) in [6, 6.07) is 4.01. The third kappa shape index (κ3) is 3.40. The van der Waals surface area contributed by atoms with E-state index in [1.807, 2.05) is 0 Å². The van der Waals surface area contributed by atoms with Crippen molar-refractivity contribution in [1.82, 2.24) is 15.1 Å². The monoisotopic (exact) mass is 312 g/mol. The molecule has 0 radical (unpaired) electrons. The van der Waals surface area contributed by atoms with Gasteiger partial charge in [-0.15, -0.1) is 0 Å².